The van der Waals surface area contributed by atoms with Crippen molar-refractivity contribution < 1.29 is 69.0 Å². The molecule has 0 saturated carbocycles. The average molecular weight is 923 g/mol. The van der Waals surface area contributed by atoms with E-state index in [1.807, 2.05) is 0 Å². The summed E-state index contributed by atoms with van der Waals surface area (Å²) in [7, 11) is 0. The highest BCUT2D eigenvalue weighted by Crippen LogP contribution is 2.26. The van der Waals surface area contributed by atoms with E-state index in [9.17, 15) is 40.5 Å². The summed E-state index contributed by atoms with van der Waals surface area (Å²) < 4.78 is 34.2. The summed E-state index contributed by atoms with van der Waals surface area (Å²) in [6.07, 6.45) is 29.7. The van der Waals surface area contributed by atoms with Gasteiger partial charge in [-0.2, -0.15) is 0 Å². The lowest BCUT2D eigenvalue weighted by Gasteiger charge is -2.42. The average Bonchev–Trinajstić information content (AvgIpc) is 3.30. The van der Waals surface area contributed by atoms with Crippen LogP contribution in [0, 0.1) is 0 Å². The molecular weight excluding hydrogens is 837 g/mol. The first-order valence-electron chi connectivity index (χ1n) is 24.5. The second kappa shape index (κ2) is 38.4. The normalized spacial score (nSPS) is 27.2. The number of hydrogen-bond donors (Lipinski definition) is 7. The van der Waals surface area contributed by atoms with Gasteiger partial charge in [-0.3, -0.25) is 4.79 Å². The van der Waals surface area contributed by atoms with Gasteiger partial charge >= 0.3 is 5.97 Å². The van der Waals surface area contributed by atoms with E-state index >= 15 is 0 Å². The molecule has 0 aromatic heterocycles. The van der Waals surface area contributed by atoms with E-state index in [1.165, 1.54) is 32.1 Å². The zero-order valence-electron chi connectivity index (χ0n) is 39.4. The number of hydrogen-bond acceptors (Lipinski definition) is 14. The van der Waals surface area contributed by atoms with Crippen LogP contribution in [-0.4, -0.2) is 142 Å². The van der Waals surface area contributed by atoms with Crippen molar-refractivity contribution in [3.63, 3.8) is 0 Å². The number of unbranched alkanes of at least 4 members (excludes halogenated alkanes) is 11. The molecule has 2 aliphatic rings. The van der Waals surface area contributed by atoms with Gasteiger partial charge in [0.15, 0.2) is 12.6 Å². The summed E-state index contributed by atoms with van der Waals surface area (Å²) >= 11 is 0. The van der Waals surface area contributed by atoms with E-state index in [4.69, 9.17) is 28.4 Å². The third-order valence-corrected chi connectivity index (χ3v) is 11.2. The summed E-state index contributed by atoms with van der Waals surface area (Å²) in [5.74, 6) is -0.411. The second-order valence-corrected chi connectivity index (χ2v) is 16.9. The van der Waals surface area contributed by atoms with Crippen LogP contribution in [-0.2, 0) is 33.2 Å². The molecule has 0 aromatic rings. The summed E-state index contributed by atoms with van der Waals surface area (Å²) in [6.45, 7) is 3.38. The number of aliphatic hydroxyl groups excluding tert-OH is 7. The Labute approximate surface area is 389 Å². The van der Waals surface area contributed by atoms with Crippen molar-refractivity contribution in [1.29, 1.82) is 0 Å². The molecule has 2 heterocycles. The van der Waals surface area contributed by atoms with Crippen molar-refractivity contribution in [2.45, 2.75) is 210 Å². The van der Waals surface area contributed by atoms with Crippen LogP contribution in [0.25, 0.3) is 0 Å². The van der Waals surface area contributed by atoms with Crippen molar-refractivity contribution in [2.75, 3.05) is 33.0 Å². The smallest absolute Gasteiger partial charge is 0.306 e. The zero-order valence-corrected chi connectivity index (χ0v) is 39.4. The SMILES string of the molecule is CC/C=C\C/C=C\C/C=C\CCCCCCCCCCOCC(COC1OC(COC2OC(CO)C(O)C(O)C2O)C(O)C(O)C1O)OC(=O)CCCCC/C=C\C/C=C\C/C=C\CC. The third-order valence-electron chi connectivity index (χ3n) is 11.2. The Morgan fingerprint density at radius 3 is 1.49 bits per heavy atom. The van der Waals surface area contributed by atoms with Gasteiger partial charge in [0.2, 0.25) is 0 Å². The quantitative estimate of drug-likeness (QED) is 0.0196. The van der Waals surface area contributed by atoms with E-state index in [-0.39, 0.29) is 19.6 Å². The van der Waals surface area contributed by atoms with Crippen LogP contribution in [0.1, 0.15) is 142 Å². The van der Waals surface area contributed by atoms with Gasteiger partial charge in [-0.1, -0.05) is 132 Å². The summed E-state index contributed by atoms with van der Waals surface area (Å²) in [6, 6.07) is 0. The number of allylic oxidation sites excluding steroid dienone is 12. The Bertz CT molecular complexity index is 1350. The van der Waals surface area contributed by atoms with Gasteiger partial charge in [0.25, 0.3) is 0 Å². The highest BCUT2D eigenvalue weighted by atomic mass is 16.7. The number of carbonyl (C=O) groups excluding carboxylic acids is 1. The molecule has 2 fully saturated rings. The molecule has 2 saturated heterocycles. The molecule has 11 atom stereocenters. The molecule has 2 aliphatic heterocycles. The van der Waals surface area contributed by atoms with Crippen LogP contribution in [0.3, 0.4) is 0 Å². The fourth-order valence-corrected chi connectivity index (χ4v) is 7.25. The molecule has 0 aromatic carbocycles. The van der Waals surface area contributed by atoms with Gasteiger partial charge in [0, 0.05) is 13.0 Å². The van der Waals surface area contributed by atoms with Crippen LogP contribution in [0.5, 0.6) is 0 Å². The molecule has 14 nitrogen and oxygen atoms in total. The molecule has 14 heteroatoms. The third kappa shape index (κ3) is 26.5. The topological polar surface area (TPSA) is 214 Å². The molecule has 0 amide bonds. The Hall–Kier alpha value is -2.57. The van der Waals surface area contributed by atoms with Crippen LogP contribution >= 0.6 is 0 Å². The van der Waals surface area contributed by atoms with Gasteiger partial charge in [-0.05, 0) is 77.0 Å². The van der Waals surface area contributed by atoms with E-state index < -0.39 is 86.7 Å². The number of esters is 1. The molecular formula is C51H86O14. The van der Waals surface area contributed by atoms with E-state index in [2.05, 4.69) is 86.8 Å². The molecule has 65 heavy (non-hydrogen) atoms. The molecule has 0 radical (unpaired) electrons. The molecule has 374 valence electrons. The van der Waals surface area contributed by atoms with Gasteiger partial charge in [0.05, 0.1) is 26.4 Å². The molecule has 0 aliphatic carbocycles. The first kappa shape index (κ1) is 58.6. The standard InChI is InChI=1S/C51H86O14/c1-3-5-7-9-11-13-15-17-18-19-20-21-23-25-27-29-31-33-35-60-37-40(63-43(53)34-32-30-28-26-24-22-16-14-12-10-8-6-4-2)38-61-50-49(59)47(57)45(55)42(65-50)39-62-51-48(58)46(56)44(54)41(36-52)64-51/h5-8,11-14,17-18,22,24,40-42,44-52,54-59H,3-4,9-10,15-16,19-21,23,25-39H2,1-2H3/b7-5-,8-6-,13-11-,14-12-,18-17-,24-22-. The molecule has 2 rings (SSSR count). The maximum Gasteiger partial charge on any atom is 0.306 e. The Morgan fingerprint density at radius 1 is 0.508 bits per heavy atom. The summed E-state index contributed by atoms with van der Waals surface area (Å²) in [4.78, 5) is 13.0. The second-order valence-electron chi connectivity index (χ2n) is 16.9. The predicted octanol–water partition coefficient (Wildman–Crippen LogP) is 6.73. The lowest BCUT2D eigenvalue weighted by Crippen LogP contribution is -2.61. The van der Waals surface area contributed by atoms with Gasteiger partial charge in [0.1, 0.15) is 54.9 Å². The highest BCUT2D eigenvalue weighted by molar-refractivity contribution is 5.69. The fraction of sp³-hybridized carbons (Fsp3) is 0.745. The predicted molar refractivity (Wildman–Crippen MR) is 252 cm³/mol. The largest absolute Gasteiger partial charge is 0.457 e. The minimum Gasteiger partial charge on any atom is -0.457 e. The monoisotopic (exact) mass is 923 g/mol. The molecule has 7 N–H and O–H groups in total. The number of rotatable bonds is 37. The fourth-order valence-electron chi connectivity index (χ4n) is 7.25. The summed E-state index contributed by atoms with van der Waals surface area (Å²) in [5.41, 5.74) is 0. The molecule has 11 unspecified atom stereocenters. The Kier molecular flexibility index (Phi) is 34.6. The minimum absolute atomic E-state index is 0.0402. The number of carbonyl (C=O) groups is 1. The molecule has 0 spiro atoms. The first-order chi connectivity index (χ1) is 31.6. The van der Waals surface area contributed by atoms with Crippen LogP contribution < -0.4 is 0 Å². The molecule has 0 bridgehead atoms. The lowest BCUT2D eigenvalue weighted by atomic mass is 9.98. The maximum absolute atomic E-state index is 13.0. The Morgan fingerprint density at radius 2 is 0.954 bits per heavy atom. The zero-order chi connectivity index (χ0) is 47.3. The van der Waals surface area contributed by atoms with E-state index in [0.29, 0.717) is 13.0 Å². The van der Waals surface area contributed by atoms with Gasteiger partial charge in [-0.25, -0.2) is 0 Å². The van der Waals surface area contributed by atoms with Crippen LogP contribution in [0.15, 0.2) is 72.9 Å². The van der Waals surface area contributed by atoms with Crippen molar-refractivity contribution in [1.82, 2.24) is 0 Å². The van der Waals surface area contributed by atoms with Crippen molar-refractivity contribution in [3.8, 4) is 0 Å². The first-order valence-corrected chi connectivity index (χ1v) is 24.5. The minimum atomic E-state index is -1.72. The highest BCUT2D eigenvalue weighted by Gasteiger charge is 2.47. The summed E-state index contributed by atoms with van der Waals surface area (Å²) in [5, 5.41) is 72.0. The van der Waals surface area contributed by atoms with Crippen LogP contribution in [0.4, 0.5) is 0 Å². The Balaban J connectivity index is 1.79. The van der Waals surface area contributed by atoms with Crippen molar-refractivity contribution in [3.05, 3.63) is 72.9 Å². The van der Waals surface area contributed by atoms with Crippen molar-refractivity contribution >= 4 is 5.97 Å². The lowest BCUT2D eigenvalue weighted by molar-refractivity contribution is -0.332. The van der Waals surface area contributed by atoms with Crippen molar-refractivity contribution in [2.24, 2.45) is 0 Å². The number of aliphatic hydroxyl groups is 7. The van der Waals surface area contributed by atoms with E-state index in [1.54, 1.807) is 0 Å². The maximum atomic E-state index is 13.0. The van der Waals surface area contributed by atoms with Gasteiger partial charge in [-0.15, -0.1) is 0 Å². The number of ether oxygens (including phenoxy) is 6. The van der Waals surface area contributed by atoms with E-state index in [0.717, 1.165) is 83.5 Å². The van der Waals surface area contributed by atoms with Crippen LogP contribution in [0.2, 0.25) is 0 Å². The van der Waals surface area contributed by atoms with Gasteiger partial charge < -0.3 is 64.2 Å².